The van der Waals surface area contributed by atoms with Gasteiger partial charge in [0, 0.05) is 23.2 Å². The number of fused-ring (bicyclic) bond motifs is 3. The Morgan fingerprint density at radius 1 is 1.38 bits per heavy atom. The van der Waals surface area contributed by atoms with E-state index < -0.39 is 5.60 Å². The molecule has 1 unspecified atom stereocenters. The molecule has 0 radical (unpaired) electrons. The topological polar surface area (TPSA) is 64.2 Å². The van der Waals surface area contributed by atoms with Crippen molar-refractivity contribution < 1.29 is 14.3 Å². The summed E-state index contributed by atoms with van der Waals surface area (Å²) in [7, 11) is 1.40. The quantitative estimate of drug-likeness (QED) is 0.846. The van der Waals surface area contributed by atoms with Crippen LogP contribution in [-0.4, -0.2) is 23.0 Å². The van der Waals surface area contributed by atoms with E-state index in [0.717, 1.165) is 35.4 Å². The molecule has 0 amide bonds. The first-order valence-electron chi connectivity index (χ1n) is 8.58. The van der Waals surface area contributed by atoms with Gasteiger partial charge >= 0.3 is 5.97 Å². The van der Waals surface area contributed by atoms with Crippen LogP contribution in [0, 0.1) is 5.92 Å². The molecule has 24 heavy (non-hydrogen) atoms. The van der Waals surface area contributed by atoms with E-state index >= 15 is 0 Å². The van der Waals surface area contributed by atoms with Crippen LogP contribution in [0.5, 0.6) is 5.75 Å². The maximum absolute atomic E-state index is 12.0. The van der Waals surface area contributed by atoms with Crippen LogP contribution >= 0.6 is 0 Å². The highest BCUT2D eigenvalue weighted by molar-refractivity contribution is 5.90. The smallest absolute Gasteiger partial charge is 0.354 e. The van der Waals surface area contributed by atoms with Gasteiger partial charge < -0.3 is 14.5 Å². The average Bonchev–Trinajstić information content (AvgIpc) is 3.08. The molecule has 1 N–H and O–H groups in total. The second-order valence-electron chi connectivity index (χ2n) is 6.88. The minimum absolute atomic E-state index is 0.356. The van der Waals surface area contributed by atoms with Crippen LogP contribution in [0.15, 0.2) is 24.5 Å². The van der Waals surface area contributed by atoms with Crippen LogP contribution in [0.1, 0.15) is 55.1 Å². The van der Waals surface area contributed by atoms with E-state index in [9.17, 15) is 4.79 Å². The molecule has 1 fully saturated rings. The molecule has 5 heteroatoms. The van der Waals surface area contributed by atoms with Crippen molar-refractivity contribution >= 4 is 5.97 Å². The summed E-state index contributed by atoms with van der Waals surface area (Å²) >= 11 is 0. The highest BCUT2D eigenvalue weighted by atomic mass is 16.5. The van der Waals surface area contributed by atoms with E-state index in [1.807, 2.05) is 12.1 Å². The molecule has 4 rings (SSSR count). The third-order valence-corrected chi connectivity index (χ3v) is 5.52. The van der Waals surface area contributed by atoms with Gasteiger partial charge in [-0.05, 0) is 31.9 Å². The SMILES string of the molecule is COC(=O)c1cc2c([nH]1)-c1ccncc1OC2(C)C1CCCCC1. The highest BCUT2D eigenvalue weighted by Gasteiger charge is 2.45. The Morgan fingerprint density at radius 3 is 2.92 bits per heavy atom. The molecular formula is C19H22N2O3. The van der Waals surface area contributed by atoms with Gasteiger partial charge in [-0.3, -0.25) is 4.98 Å². The number of aromatic nitrogens is 2. The Hall–Kier alpha value is -2.30. The molecule has 0 spiro atoms. The number of hydrogen-bond acceptors (Lipinski definition) is 4. The maximum atomic E-state index is 12.0. The zero-order valence-corrected chi connectivity index (χ0v) is 14.1. The van der Waals surface area contributed by atoms with Crippen molar-refractivity contribution in [2.45, 2.75) is 44.6 Å². The normalized spacial score (nSPS) is 23.1. The molecule has 1 saturated carbocycles. The summed E-state index contributed by atoms with van der Waals surface area (Å²) in [6, 6.07) is 3.82. The van der Waals surface area contributed by atoms with Gasteiger partial charge in [-0.25, -0.2) is 4.79 Å². The number of methoxy groups -OCH3 is 1. The lowest BCUT2D eigenvalue weighted by atomic mass is 9.73. The van der Waals surface area contributed by atoms with Crippen molar-refractivity contribution in [1.82, 2.24) is 9.97 Å². The average molecular weight is 326 g/mol. The van der Waals surface area contributed by atoms with Crippen LogP contribution in [0.3, 0.4) is 0 Å². The summed E-state index contributed by atoms with van der Waals surface area (Å²) < 4.78 is 11.4. The number of carbonyl (C=O) groups excluding carboxylic acids is 1. The summed E-state index contributed by atoms with van der Waals surface area (Å²) in [6.45, 7) is 2.15. The van der Waals surface area contributed by atoms with Crippen molar-refractivity contribution in [1.29, 1.82) is 0 Å². The first-order chi connectivity index (χ1) is 11.6. The van der Waals surface area contributed by atoms with Crippen LogP contribution in [-0.2, 0) is 10.3 Å². The lowest BCUT2D eigenvalue weighted by Gasteiger charge is -2.43. The van der Waals surface area contributed by atoms with Crippen molar-refractivity contribution in [3.63, 3.8) is 0 Å². The molecule has 1 atom stereocenters. The minimum atomic E-state index is -0.450. The van der Waals surface area contributed by atoms with Crippen molar-refractivity contribution in [3.8, 4) is 17.0 Å². The summed E-state index contributed by atoms with van der Waals surface area (Å²) in [5, 5.41) is 0. The van der Waals surface area contributed by atoms with Gasteiger partial charge in [-0.15, -0.1) is 0 Å². The Bertz CT molecular complexity index is 777. The molecule has 0 aromatic carbocycles. The Balaban J connectivity index is 1.87. The molecule has 126 valence electrons. The number of H-pyrrole nitrogens is 1. The predicted molar refractivity (Wildman–Crippen MR) is 89.9 cm³/mol. The van der Waals surface area contributed by atoms with Gasteiger partial charge in [-0.2, -0.15) is 0 Å². The van der Waals surface area contributed by atoms with Gasteiger partial charge in [0.15, 0.2) is 0 Å². The second kappa shape index (κ2) is 5.65. The number of esters is 1. The third kappa shape index (κ3) is 2.22. The number of nitrogens with one attached hydrogen (secondary N) is 1. The fourth-order valence-corrected chi connectivity index (χ4v) is 4.19. The molecule has 0 saturated heterocycles. The summed E-state index contributed by atoms with van der Waals surface area (Å²) in [5.74, 6) is 0.849. The maximum Gasteiger partial charge on any atom is 0.354 e. The fraction of sp³-hybridized carbons (Fsp3) is 0.474. The first-order valence-corrected chi connectivity index (χ1v) is 8.58. The predicted octanol–water partition coefficient (Wildman–Crippen LogP) is 4.05. The third-order valence-electron chi connectivity index (χ3n) is 5.52. The lowest BCUT2D eigenvalue weighted by Crippen LogP contribution is -2.41. The molecule has 2 aliphatic rings. The van der Waals surface area contributed by atoms with Gasteiger partial charge in [0.25, 0.3) is 0 Å². The standard InChI is InChI=1S/C19H22N2O3/c1-19(12-6-4-3-5-7-12)14-10-15(18(22)23-2)21-17(14)13-8-9-20-11-16(13)24-19/h8-12,21H,3-7H2,1-2H3. The number of hydrogen-bond donors (Lipinski definition) is 1. The van der Waals surface area contributed by atoms with Gasteiger partial charge in [0.05, 0.1) is 19.0 Å². The van der Waals surface area contributed by atoms with Gasteiger partial charge in [0.1, 0.15) is 17.0 Å². The number of carbonyl (C=O) groups is 1. The second-order valence-corrected chi connectivity index (χ2v) is 6.88. The van der Waals surface area contributed by atoms with Crippen LogP contribution in [0.2, 0.25) is 0 Å². The molecule has 2 aromatic rings. The van der Waals surface area contributed by atoms with Crippen molar-refractivity contribution in [2.24, 2.45) is 5.92 Å². The zero-order chi connectivity index (χ0) is 16.7. The van der Waals surface area contributed by atoms with E-state index in [0.29, 0.717) is 11.6 Å². The number of rotatable bonds is 2. The van der Waals surface area contributed by atoms with Gasteiger partial charge in [0.2, 0.25) is 0 Å². The number of pyridine rings is 1. The van der Waals surface area contributed by atoms with Crippen LogP contribution < -0.4 is 4.74 Å². The summed E-state index contributed by atoms with van der Waals surface area (Å²) in [6.07, 6.45) is 9.54. The summed E-state index contributed by atoms with van der Waals surface area (Å²) in [5.41, 5.74) is 2.97. The van der Waals surface area contributed by atoms with Crippen molar-refractivity contribution in [3.05, 3.63) is 35.8 Å². The number of aromatic amines is 1. The minimum Gasteiger partial charge on any atom is -0.480 e. The molecule has 0 bridgehead atoms. The molecular weight excluding hydrogens is 304 g/mol. The monoisotopic (exact) mass is 326 g/mol. The van der Waals surface area contributed by atoms with E-state index in [1.54, 1.807) is 12.4 Å². The van der Waals surface area contributed by atoms with E-state index in [-0.39, 0.29) is 5.97 Å². The summed E-state index contributed by atoms with van der Waals surface area (Å²) in [4.78, 5) is 19.5. The number of nitrogens with zero attached hydrogens (tertiary/aromatic N) is 1. The Morgan fingerprint density at radius 2 is 2.17 bits per heavy atom. The van der Waals surface area contributed by atoms with Crippen LogP contribution in [0.25, 0.3) is 11.3 Å². The Labute approximate surface area is 141 Å². The Kier molecular flexibility index (Phi) is 3.59. The van der Waals surface area contributed by atoms with Crippen LogP contribution in [0.4, 0.5) is 0 Å². The van der Waals surface area contributed by atoms with E-state index in [1.165, 1.54) is 26.4 Å². The molecule has 1 aliphatic carbocycles. The first kappa shape index (κ1) is 15.2. The van der Waals surface area contributed by atoms with Gasteiger partial charge in [-0.1, -0.05) is 19.3 Å². The van der Waals surface area contributed by atoms with E-state index in [4.69, 9.17) is 9.47 Å². The molecule has 3 heterocycles. The van der Waals surface area contributed by atoms with Crippen molar-refractivity contribution in [2.75, 3.05) is 7.11 Å². The molecule has 5 nitrogen and oxygen atoms in total. The zero-order valence-electron chi connectivity index (χ0n) is 14.1. The highest BCUT2D eigenvalue weighted by Crippen LogP contribution is 2.51. The molecule has 1 aliphatic heterocycles. The number of ether oxygens (including phenoxy) is 2. The lowest BCUT2D eigenvalue weighted by molar-refractivity contribution is 0.00139. The fourth-order valence-electron chi connectivity index (χ4n) is 4.19. The molecule has 2 aromatic heterocycles. The largest absolute Gasteiger partial charge is 0.480 e. The van der Waals surface area contributed by atoms with E-state index in [2.05, 4.69) is 16.9 Å².